The molecule has 0 unspecified atom stereocenters. The van der Waals surface area contributed by atoms with Crippen LogP contribution >= 0.6 is 12.2 Å². The molecule has 0 radical (unpaired) electrons. The lowest BCUT2D eigenvalue weighted by Gasteiger charge is -2.27. The van der Waals surface area contributed by atoms with E-state index in [0.717, 1.165) is 16.5 Å². The van der Waals surface area contributed by atoms with Gasteiger partial charge in [-0.3, -0.25) is 5.10 Å². The van der Waals surface area contributed by atoms with E-state index in [4.69, 9.17) is 12.2 Å². The predicted molar refractivity (Wildman–Crippen MR) is 58.8 cm³/mol. The van der Waals surface area contributed by atoms with Crippen LogP contribution in [0.1, 0.15) is 44.5 Å². The molecule has 2 rings (SSSR count). The summed E-state index contributed by atoms with van der Waals surface area (Å²) in [6, 6.07) is 0.581. The minimum Gasteiger partial charge on any atom is -0.301 e. The van der Waals surface area contributed by atoms with Crippen LogP contribution in [0.15, 0.2) is 0 Å². The third-order valence-electron chi connectivity index (χ3n) is 3.23. The number of nitrogens with zero attached hydrogens (tertiary/aromatic N) is 2. The van der Waals surface area contributed by atoms with Crippen molar-refractivity contribution >= 4 is 12.2 Å². The van der Waals surface area contributed by atoms with Crippen LogP contribution in [0.4, 0.5) is 0 Å². The SMILES string of the molecule is Cc1n[nH]c(=S)n1C1CCC(C)CC1. The van der Waals surface area contributed by atoms with Crippen molar-refractivity contribution in [2.75, 3.05) is 0 Å². The quantitative estimate of drug-likeness (QED) is 0.724. The smallest absolute Gasteiger partial charge is 0.195 e. The molecule has 1 saturated carbocycles. The monoisotopic (exact) mass is 211 g/mol. The lowest BCUT2D eigenvalue weighted by molar-refractivity contribution is 0.284. The Morgan fingerprint density at radius 3 is 2.50 bits per heavy atom. The average Bonchev–Trinajstić information content (AvgIpc) is 2.49. The second-order valence-corrected chi connectivity index (χ2v) is 4.75. The van der Waals surface area contributed by atoms with Gasteiger partial charge in [0.15, 0.2) is 4.77 Å². The minimum atomic E-state index is 0.581. The second kappa shape index (κ2) is 3.85. The molecule has 4 heteroatoms. The number of aryl methyl sites for hydroxylation is 1. The van der Waals surface area contributed by atoms with Crippen LogP contribution in [0, 0.1) is 17.6 Å². The fraction of sp³-hybridized carbons (Fsp3) is 0.800. The van der Waals surface area contributed by atoms with Crippen LogP contribution in [0.3, 0.4) is 0 Å². The van der Waals surface area contributed by atoms with E-state index in [1.54, 1.807) is 0 Å². The maximum absolute atomic E-state index is 5.23. The second-order valence-electron chi connectivity index (χ2n) is 4.36. The molecular formula is C10H17N3S. The Hall–Kier alpha value is -0.640. The molecule has 1 fully saturated rings. The van der Waals surface area contributed by atoms with Crippen molar-refractivity contribution < 1.29 is 0 Å². The summed E-state index contributed by atoms with van der Waals surface area (Å²) in [5, 5.41) is 7.02. The molecule has 1 aliphatic rings. The molecule has 1 N–H and O–H groups in total. The molecule has 1 heterocycles. The molecule has 0 aliphatic heterocycles. The zero-order valence-electron chi connectivity index (χ0n) is 8.79. The lowest BCUT2D eigenvalue weighted by Crippen LogP contribution is -2.17. The molecule has 0 amide bonds. The van der Waals surface area contributed by atoms with Crippen LogP contribution < -0.4 is 0 Å². The van der Waals surface area contributed by atoms with Crippen molar-refractivity contribution in [2.24, 2.45) is 5.92 Å². The standard InChI is InChI=1S/C10H17N3S/c1-7-3-5-9(6-4-7)13-8(2)11-12-10(13)14/h7,9H,3-6H2,1-2H3,(H,12,14). The van der Waals surface area contributed by atoms with E-state index in [0.29, 0.717) is 6.04 Å². The number of hydrogen-bond acceptors (Lipinski definition) is 2. The highest BCUT2D eigenvalue weighted by atomic mass is 32.1. The van der Waals surface area contributed by atoms with Crippen molar-refractivity contribution in [1.82, 2.24) is 14.8 Å². The molecule has 0 bridgehead atoms. The van der Waals surface area contributed by atoms with Gasteiger partial charge in [-0.1, -0.05) is 6.92 Å². The fourth-order valence-corrected chi connectivity index (χ4v) is 2.64. The molecule has 78 valence electrons. The fourth-order valence-electron chi connectivity index (χ4n) is 2.31. The Morgan fingerprint density at radius 1 is 1.36 bits per heavy atom. The highest BCUT2D eigenvalue weighted by Crippen LogP contribution is 2.32. The summed E-state index contributed by atoms with van der Waals surface area (Å²) in [5.74, 6) is 1.90. The van der Waals surface area contributed by atoms with E-state index in [1.165, 1.54) is 25.7 Å². The third-order valence-corrected chi connectivity index (χ3v) is 3.52. The van der Waals surface area contributed by atoms with Crippen molar-refractivity contribution in [1.29, 1.82) is 0 Å². The largest absolute Gasteiger partial charge is 0.301 e. The van der Waals surface area contributed by atoms with Crippen molar-refractivity contribution in [3.05, 3.63) is 10.6 Å². The van der Waals surface area contributed by atoms with Gasteiger partial charge in [-0.05, 0) is 50.7 Å². The summed E-state index contributed by atoms with van der Waals surface area (Å²) in [7, 11) is 0. The summed E-state index contributed by atoms with van der Waals surface area (Å²) in [5.41, 5.74) is 0. The number of aromatic amines is 1. The number of rotatable bonds is 1. The maximum Gasteiger partial charge on any atom is 0.195 e. The van der Waals surface area contributed by atoms with E-state index in [2.05, 4.69) is 21.7 Å². The number of H-pyrrole nitrogens is 1. The normalized spacial score (nSPS) is 27.9. The van der Waals surface area contributed by atoms with Crippen molar-refractivity contribution in [3.8, 4) is 0 Å². The van der Waals surface area contributed by atoms with Gasteiger partial charge in [0.1, 0.15) is 5.82 Å². The van der Waals surface area contributed by atoms with Crippen molar-refractivity contribution in [3.63, 3.8) is 0 Å². The maximum atomic E-state index is 5.23. The number of hydrogen-bond donors (Lipinski definition) is 1. The van der Waals surface area contributed by atoms with Gasteiger partial charge in [0, 0.05) is 6.04 Å². The first-order valence-electron chi connectivity index (χ1n) is 5.32. The van der Waals surface area contributed by atoms with E-state index in [-0.39, 0.29) is 0 Å². The first-order valence-corrected chi connectivity index (χ1v) is 5.73. The Labute approximate surface area is 89.5 Å². The molecule has 0 aromatic carbocycles. The van der Waals surface area contributed by atoms with Gasteiger partial charge < -0.3 is 4.57 Å². The molecule has 0 spiro atoms. The number of nitrogens with one attached hydrogen (secondary N) is 1. The predicted octanol–water partition coefficient (Wildman–Crippen LogP) is 3.00. The Balaban J connectivity index is 2.20. The molecule has 3 nitrogen and oxygen atoms in total. The van der Waals surface area contributed by atoms with E-state index >= 15 is 0 Å². The van der Waals surface area contributed by atoms with Gasteiger partial charge in [0.2, 0.25) is 0 Å². The average molecular weight is 211 g/mol. The van der Waals surface area contributed by atoms with Gasteiger partial charge in [0.25, 0.3) is 0 Å². The summed E-state index contributed by atoms with van der Waals surface area (Å²) in [4.78, 5) is 0. The summed E-state index contributed by atoms with van der Waals surface area (Å²) < 4.78 is 2.96. The van der Waals surface area contributed by atoms with E-state index < -0.39 is 0 Å². The Kier molecular flexibility index (Phi) is 2.72. The molecule has 1 aliphatic carbocycles. The van der Waals surface area contributed by atoms with Crippen LogP contribution in [0.2, 0.25) is 0 Å². The highest BCUT2D eigenvalue weighted by Gasteiger charge is 2.21. The summed E-state index contributed by atoms with van der Waals surface area (Å²) in [6.07, 6.45) is 5.12. The van der Waals surface area contributed by atoms with Gasteiger partial charge in [-0.2, -0.15) is 5.10 Å². The summed E-state index contributed by atoms with van der Waals surface area (Å²) in [6.45, 7) is 4.35. The minimum absolute atomic E-state index is 0.581. The van der Waals surface area contributed by atoms with Crippen LogP contribution in [0.25, 0.3) is 0 Å². The van der Waals surface area contributed by atoms with Gasteiger partial charge >= 0.3 is 0 Å². The first-order chi connectivity index (χ1) is 6.68. The van der Waals surface area contributed by atoms with Crippen LogP contribution in [0.5, 0.6) is 0 Å². The molecule has 0 saturated heterocycles. The first kappa shape index (κ1) is 9.90. The van der Waals surface area contributed by atoms with Gasteiger partial charge in [-0.15, -0.1) is 0 Å². The molecule has 14 heavy (non-hydrogen) atoms. The zero-order chi connectivity index (χ0) is 10.1. The van der Waals surface area contributed by atoms with Gasteiger partial charge in [-0.25, -0.2) is 0 Å². The Bertz CT molecular complexity index is 358. The Morgan fingerprint density at radius 2 is 2.00 bits per heavy atom. The van der Waals surface area contributed by atoms with E-state index in [9.17, 15) is 0 Å². The molecule has 1 aromatic rings. The van der Waals surface area contributed by atoms with Crippen LogP contribution in [-0.2, 0) is 0 Å². The topological polar surface area (TPSA) is 33.6 Å². The molecule has 1 aromatic heterocycles. The summed E-state index contributed by atoms with van der Waals surface area (Å²) >= 11 is 5.23. The number of aromatic nitrogens is 3. The molecule has 0 atom stereocenters. The van der Waals surface area contributed by atoms with Gasteiger partial charge in [0.05, 0.1) is 0 Å². The third kappa shape index (κ3) is 1.75. The van der Waals surface area contributed by atoms with E-state index in [1.807, 2.05) is 6.92 Å². The molecular weight excluding hydrogens is 194 g/mol. The zero-order valence-corrected chi connectivity index (χ0v) is 9.60. The highest BCUT2D eigenvalue weighted by molar-refractivity contribution is 7.71. The lowest BCUT2D eigenvalue weighted by atomic mass is 9.87. The van der Waals surface area contributed by atoms with Crippen molar-refractivity contribution in [2.45, 2.75) is 45.6 Å². The van der Waals surface area contributed by atoms with Crippen LogP contribution in [-0.4, -0.2) is 14.8 Å².